The van der Waals surface area contributed by atoms with E-state index in [1.165, 1.54) is 0 Å². The van der Waals surface area contributed by atoms with Crippen LogP contribution in [-0.4, -0.2) is 11.6 Å². The number of hydrogen-bond donors (Lipinski definition) is 2. The van der Waals surface area contributed by atoms with Crippen LogP contribution in [0.15, 0.2) is 24.4 Å². The zero-order valence-corrected chi connectivity index (χ0v) is 9.79. The van der Waals surface area contributed by atoms with Gasteiger partial charge < -0.3 is 15.5 Å². The number of H-pyrrole nitrogens is 1. The van der Waals surface area contributed by atoms with Crippen molar-refractivity contribution >= 4 is 10.9 Å². The Morgan fingerprint density at radius 3 is 2.88 bits per heavy atom. The molecule has 2 aromatic rings. The molecule has 1 aromatic heterocycles. The van der Waals surface area contributed by atoms with Crippen molar-refractivity contribution in [3.05, 3.63) is 30.0 Å². The normalized spacial score (nSPS) is 12.9. The van der Waals surface area contributed by atoms with Crippen LogP contribution in [-0.2, 0) is 0 Å². The highest BCUT2D eigenvalue weighted by atomic mass is 16.5. The zero-order chi connectivity index (χ0) is 11.5. The van der Waals surface area contributed by atoms with E-state index in [1.807, 2.05) is 31.3 Å². The van der Waals surface area contributed by atoms with Crippen molar-refractivity contribution in [1.29, 1.82) is 0 Å². The van der Waals surface area contributed by atoms with E-state index in [9.17, 15) is 0 Å². The maximum absolute atomic E-state index is 6.09. The number of nitrogens with two attached hydrogens (primary N) is 1. The van der Waals surface area contributed by atoms with E-state index >= 15 is 0 Å². The largest absolute Gasteiger partial charge is 0.493 e. The van der Waals surface area contributed by atoms with Gasteiger partial charge in [-0.2, -0.15) is 0 Å². The standard InChI is InChI=1S/C13H18N2O/c1-3-10(14)9-8-15-11-6-5-7-12(13(9)11)16-4-2/h5-8,10,15H,3-4,14H2,1-2H3/t10-/m1/s1. The molecule has 1 aromatic carbocycles. The molecule has 3 N–H and O–H groups in total. The summed E-state index contributed by atoms with van der Waals surface area (Å²) < 4.78 is 5.64. The van der Waals surface area contributed by atoms with Crippen molar-refractivity contribution in [1.82, 2.24) is 4.98 Å². The van der Waals surface area contributed by atoms with Gasteiger partial charge in [-0.15, -0.1) is 0 Å². The highest BCUT2D eigenvalue weighted by Gasteiger charge is 2.13. The molecule has 0 aliphatic carbocycles. The summed E-state index contributed by atoms with van der Waals surface area (Å²) in [6, 6.07) is 6.09. The SMILES string of the molecule is CCOc1cccc2[nH]cc([C@H](N)CC)c12. The van der Waals surface area contributed by atoms with E-state index in [-0.39, 0.29) is 6.04 Å². The van der Waals surface area contributed by atoms with Crippen LogP contribution >= 0.6 is 0 Å². The topological polar surface area (TPSA) is 51.0 Å². The van der Waals surface area contributed by atoms with Crippen LogP contribution in [0.1, 0.15) is 31.9 Å². The minimum atomic E-state index is 0.0651. The summed E-state index contributed by atoms with van der Waals surface area (Å²) in [7, 11) is 0. The van der Waals surface area contributed by atoms with Crippen molar-refractivity contribution < 1.29 is 4.74 Å². The number of nitrogens with one attached hydrogen (secondary N) is 1. The molecule has 0 aliphatic rings. The fraction of sp³-hybridized carbons (Fsp3) is 0.385. The maximum Gasteiger partial charge on any atom is 0.128 e. The van der Waals surface area contributed by atoms with Crippen molar-refractivity contribution in [3.63, 3.8) is 0 Å². The second kappa shape index (κ2) is 4.58. The van der Waals surface area contributed by atoms with Gasteiger partial charge >= 0.3 is 0 Å². The first-order chi connectivity index (χ1) is 7.77. The fourth-order valence-electron chi connectivity index (χ4n) is 1.96. The van der Waals surface area contributed by atoms with Gasteiger partial charge in [0.15, 0.2) is 0 Å². The molecule has 0 spiro atoms. The van der Waals surface area contributed by atoms with Crippen molar-refractivity contribution in [2.24, 2.45) is 5.73 Å². The zero-order valence-electron chi connectivity index (χ0n) is 9.79. The second-order valence-corrected chi connectivity index (χ2v) is 3.87. The van der Waals surface area contributed by atoms with E-state index in [4.69, 9.17) is 10.5 Å². The predicted octanol–water partition coefficient (Wildman–Crippen LogP) is 2.98. The van der Waals surface area contributed by atoms with Gasteiger partial charge in [-0.1, -0.05) is 13.0 Å². The van der Waals surface area contributed by atoms with E-state index in [0.29, 0.717) is 6.61 Å². The smallest absolute Gasteiger partial charge is 0.128 e. The molecule has 1 atom stereocenters. The first-order valence-electron chi connectivity index (χ1n) is 5.76. The van der Waals surface area contributed by atoms with Gasteiger partial charge in [0.05, 0.1) is 6.61 Å². The molecule has 0 amide bonds. The number of hydrogen-bond acceptors (Lipinski definition) is 2. The van der Waals surface area contributed by atoms with Gasteiger partial charge in [0.2, 0.25) is 0 Å². The molecular formula is C13H18N2O. The van der Waals surface area contributed by atoms with Gasteiger partial charge in [0, 0.05) is 23.1 Å². The van der Waals surface area contributed by atoms with Crippen LogP contribution in [0, 0.1) is 0 Å². The second-order valence-electron chi connectivity index (χ2n) is 3.87. The Hall–Kier alpha value is -1.48. The molecule has 0 radical (unpaired) electrons. The molecule has 0 saturated carbocycles. The lowest BCUT2D eigenvalue weighted by molar-refractivity contribution is 0.344. The van der Waals surface area contributed by atoms with Crippen LogP contribution in [0.2, 0.25) is 0 Å². The molecule has 0 aliphatic heterocycles. The molecule has 0 unspecified atom stereocenters. The Balaban J connectivity index is 2.58. The van der Waals surface area contributed by atoms with Crippen LogP contribution < -0.4 is 10.5 Å². The molecule has 86 valence electrons. The summed E-state index contributed by atoms with van der Waals surface area (Å²) in [5.74, 6) is 0.917. The Morgan fingerprint density at radius 1 is 1.38 bits per heavy atom. The number of rotatable bonds is 4. The molecular weight excluding hydrogens is 200 g/mol. The summed E-state index contributed by atoms with van der Waals surface area (Å²) in [4.78, 5) is 3.24. The molecule has 3 heteroatoms. The van der Waals surface area contributed by atoms with Gasteiger partial charge in [-0.05, 0) is 31.0 Å². The number of benzene rings is 1. The Bertz CT molecular complexity index is 476. The average molecular weight is 218 g/mol. The Labute approximate surface area is 95.6 Å². The minimum Gasteiger partial charge on any atom is -0.493 e. The summed E-state index contributed by atoms with van der Waals surface area (Å²) in [5, 5.41) is 1.12. The molecule has 3 nitrogen and oxygen atoms in total. The maximum atomic E-state index is 6.09. The Morgan fingerprint density at radius 2 is 2.19 bits per heavy atom. The van der Waals surface area contributed by atoms with Crippen LogP contribution in [0.3, 0.4) is 0 Å². The van der Waals surface area contributed by atoms with E-state index < -0.39 is 0 Å². The lowest BCUT2D eigenvalue weighted by Gasteiger charge is -2.10. The first kappa shape index (κ1) is 11.0. The van der Waals surface area contributed by atoms with E-state index in [2.05, 4.69) is 11.9 Å². The number of aromatic amines is 1. The molecule has 2 rings (SSSR count). The minimum absolute atomic E-state index is 0.0651. The van der Waals surface area contributed by atoms with Crippen LogP contribution in [0.5, 0.6) is 5.75 Å². The van der Waals surface area contributed by atoms with Gasteiger partial charge in [0.1, 0.15) is 5.75 Å². The number of aromatic nitrogens is 1. The third-order valence-electron chi connectivity index (χ3n) is 2.84. The first-order valence-corrected chi connectivity index (χ1v) is 5.76. The number of fused-ring (bicyclic) bond motifs is 1. The molecule has 1 heterocycles. The van der Waals surface area contributed by atoms with E-state index in [0.717, 1.165) is 28.6 Å². The van der Waals surface area contributed by atoms with Crippen molar-refractivity contribution in [2.75, 3.05) is 6.61 Å². The van der Waals surface area contributed by atoms with Crippen LogP contribution in [0.4, 0.5) is 0 Å². The fourth-order valence-corrected chi connectivity index (χ4v) is 1.96. The molecule has 0 fully saturated rings. The highest BCUT2D eigenvalue weighted by molar-refractivity contribution is 5.89. The van der Waals surface area contributed by atoms with Gasteiger partial charge in [-0.3, -0.25) is 0 Å². The monoisotopic (exact) mass is 218 g/mol. The van der Waals surface area contributed by atoms with Gasteiger partial charge in [-0.25, -0.2) is 0 Å². The Kier molecular flexibility index (Phi) is 3.15. The van der Waals surface area contributed by atoms with Crippen molar-refractivity contribution in [3.8, 4) is 5.75 Å². The summed E-state index contributed by atoms with van der Waals surface area (Å²) in [6.07, 6.45) is 2.91. The molecule has 0 bridgehead atoms. The highest BCUT2D eigenvalue weighted by Crippen LogP contribution is 2.32. The lowest BCUT2D eigenvalue weighted by Crippen LogP contribution is -2.08. The van der Waals surface area contributed by atoms with E-state index in [1.54, 1.807) is 0 Å². The molecule has 0 saturated heterocycles. The summed E-state index contributed by atoms with van der Waals surface area (Å²) >= 11 is 0. The third-order valence-corrected chi connectivity index (χ3v) is 2.84. The predicted molar refractivity (Wildman–Crippen MR) is 66.7 cm³/mol. The molecule has 16 heavy (non-hydrogen) atoms. The lowest BCUT2D eigenvalue weighted by atomic mass is 10.0. The van der Waals surface area contributed by atoms with Gasteiger partial charge in [0.25, 0.3) is 0 Å². The summed E-state index contributed by atoms with van der Waals surface area (Å²) in [5.41, 5.74) is 8.32. The number of ether oxygens (including phenoxy) is 1. The summed E-state index contributed by atoms with van der Waals surface area (Å²) in [6.45, 7) is 4.75. The van der Waals surface area contributed by atoms with Crippen LogP contribution in [0.25, 0.3) is 10.9 Å². The average Bonchev–Trinajstić information content (AvgIpc) is 2.73. The quantitative estimate of drug-likeness (QED) is 0.828. The van der Waals surface area contributed by atoms with Crippen molar-refractivity contribution in [2.45, 2.75) is 26.3 Å². The third kappa shape index (κ3) is 1.78.